The molecule has 1 aromatic heterocycles. The molecule has 9 heteroatoms. The first-order valence-corrected chi connectivity index (χ1v) is 5.31. The van der Waals surface area contributed by atoms with Crippen LogP contribution in [0.5, 0.6) is 5.75 Å². The molecule has 3 nitrogen and oxygen atoms in total. The quantitative estimate of drug-likeness (QED) is 0.629. The van der Waals surface area contributed by atoms with Crippen LogP contribution in [0.15, 0.2) is 6.20 Å². The summed E-state index contributed by atoms with van der Waals surface area (Å²) in [7, 11) is 0. The van der Waals surface area contributed by atoms with Gasteiger partial charge in [0.25, 0.3) is 6.43 Å². The molecule has 0 bridgehead atoms. The monoisotopic (exact) mass is 300 g/mol. The first-order chi connectivity index (χ1) is 8.80. The van der Waals surface area contributed by atoms with Gasteiger partial charge in [0, 0.05) is 11.8 Å². The van der Waals surface area contributed by atoms with E-state index in [2.05, 4.69) is 9.72 Å². The Labute approximate surface area is 109 Å². The van der Waals surface area contributed by atoms with Gasteiger partial charge in [-0.05, 0) is 0 Å². The summed E-state index contributed by atoms with van der Waals surface area (Å²) in [5.41, 5.74) is -1.83. The van der Waals surface area contributed by atoms with Gasteiger partial charge in [0.15, 0.2) is 0 Å². The number of pyridine rings is 1. The number of halogens is 6. The van der Waals surface area contributed by atoms with Crippen LogP contribution in [0.3, 0.4) is 0 Å². The Kier molecular flexibility index (Phi) is 4.89. The molecule has 19 heavy (non-hydrogen) atoms. The van der Waals surface area contributed by atoms with Crippen LogP contribution >= 0.6 is 11.6 Å². The van der Waals surface area contributed by atoms with E-state index in [-0.39, 0.29) is 5.56 Å². The molecule has 0 aliphatic carbocycles. The number of nitrogens with zero attached hydrogens (tertiary/aromatic N) is 2. The summed E-state index contributed by atoms with van der Waals surface area (Å²) in [6.07, 6.45) is -8.08. The van der Waals surface area contributed by atoms with Crippen LogP contribution in [-0.4, -0.2) is 11.3 Å². The van der Waals surface area contributed by atoms with E-state index in [1.807, 2.05) is 0 Å². The number of aromatic nitrogens is 1. The summed E-state index contributed by atoms with van der Waals surface area (Å²) in [5, 5.41) is 8.47. The second-order valence-electron chi connectivity index (χ2n) is 3.29. The number of hydrogen-bond acceptors (Lipinski definition) is 3. The summed E-state index contributed by atoms with van der Waals surface area (Å²) >= 11 is 5.35. The van der Waals surface area contributed by atoms with Gasteiger partial charge < -0.3 is 4.74 Å². The van der Waals surface area contributed by atoms with Crippen LogP contribution in [0.2, 0.25) is 0 Å². The molecule has 0 saturated carbocycles. The molecule has 0 N–H and O–H groups in total. The minimum Gasteiger partial charge on any atom is -0.405 e. The van der Waals surface area contributed by atoms with Crippen molar-refractivity contribution >= 4 is 11.6 Å². The van der Waals surface area contributed by atoms with E-state index in [1.54, 1.807) is 6.07 Å². The number of hydrogen-bond donors (Lipinski definition) is 0. The Morgan fingerprint density at radius 2 is 2.05 bits per heavy atom. The first kappa shape index (κ1) is 15.4. The Balaban J connectivity index is 3.45. The highest BCUT2D eigenvalue weighted by Crippen LogP contribution is 2.38. The lowest BCUT2D eigenvalue weighted by Crippen LogP contribution is -2.20. The van der Waals surface area contributed by atoms with E-state index < -0.39 is 42.1 Å². The molecule has 0 atom stereocenters. The second-order valence-corrected chi connectivity index (χ2v) is 3.56. The zero-order valence-corrected chi connectivity index (χ0v) is 9.90. The maximum Gasteiger partial charge on any atom is 0.573 e. The zero-order chi connectivity index (χ0) is 14.6. The maximum absolute atomic E-state index is 12.8. The van der Waals surface area contributed by atoms with Gasteiger partial charge in [-0.2, -0.15) is 5.26 Å². The lowest BCUT2D eigenvalue weighted by molar-refractivity contribution is -0.275. The van der Waals surface area contributed by atoms with Crippen molar-refractivity contribution in [3.8, 4) is 11.8 Å². The smallest absolute Gasteiger partial charge is 0.405 e. The topological polar surface area (TPSA) is 45.9 Å². The molecule has 0 aliphatic heterocycles. The van der Waals surface area contributed by atoms with E-state index in [0.29, 0.717) is 0 Å². The van der Waals surface area contributed by atoms with Gasteiger partial charge in [-0.25, -0.2) is 8.78 Å². The van der Waals surface area contributed by atoms with E-state index >= 15 is 0 Å². The van der Waals surface area contributed by atoms with Crippen LogP contribution in [0, 0.1) is 11.3 Å². The van der Waals surface area contributed by atoms with Crippen molar-refractivity contribution < 1.29 is 26.7 Å². The lowest BCUT2D eigenvalue weighted by atomic mass is 10.1. The Morgan fingerprint density at radius 3 is 2.47 bits per heavy atom. The van der Waals surface area contributed by atoms with Crippen molar-refractivity contribution in [3.63, 3.8) is 0 Å². The van der Waals surface area contributed by atoms with Crippen LogP contribution in [0.4, 0.5) is 22.0 Å². The normalized spacial score (nSPS) is 11.5. The summed E-state index contributed by atoms with van der Waals surface area (Å²) in [6.45, 7) is 0. The average molecular weight is 301 g/mol. The molecule has 0 spiro atoms. The molecule has 0 fully saturated rings. The van der Waals surface area contributed by atoms with Crippen molar-refractivity contribution in [2.24, 2.45) is 0 Å². The van der Waals surface area contributed by atoms with Crippen molar-refractivity contribution in [1.82, 2.24) is 4.98 Å². The number of ether oxygens (including phenoxy) is 1. The van der Waals surface area contributed by atoms with Crippen LogP contribution in [0.1, 0.15) is 23.2 Å². The Morgan fingerprint density at radius 1 is 1.42 bits per heavy atom. The van der Waals surface area contributed by atoms with Gasteiger partial charge in [-0.3, -0.25) is 4.98 Å². The van der Waals surface area contributed by atoms with Gasteiger partial charge in [-0.15, -0.1) is 24.8 Å². The fraction of sp³-hybridized carbons (Fsp3) is 0.400. The molecule has 1 aromatic rings. The standard InChI is InChI=1S/C10H6ClF5N2O/c11-3-6-7(9(12)13)8(19-10(14,15)16)5(1-2-17)4-18-6/h4,9H,1,3H2. The predicted molar refractivity (Wildman–Crippen MR) is 54.8 cm³/mol. The lowest BCUT2D eigenvalue weighted by Gasteiger charge is -2.17. The number of nitriles is 1. The van der Waals surface area contributed by atoms with Crippen LogP contribution < -0.4 is 4.74 Å². The third-order valence-electron chi connectivity index (χ3n) is 2.06. The molecule has 0 unspecified atom stereocenters. The highest BCUT2D eigenvalue weighted by molar-refractivity contribution is 6.17. The number of alkyl halides is 6. The third-order valence-corrected chi connectivity index (χ3v) is 2.31. The van der Waals surface area contributed by atoms with Crippen molar-refractivity contribution in [2.75, 3.05) is 0 Å². The van der Waals surface area contributed by atoms with Gasteiger partial charge in [0.1, 0.15) is 5.75 Å². The largest absolute Gasteiger partial charge is 0.573 e. The average Bonchev–Trinajstić information content (AvgIpc) is 2.28. The van der Waals surface area contributed by atoms with Crippen LogP contribution in [0.25, 0.3) is 0 Å². The van der Waals surface area contributed by atoms with Crippen molar-refractivity contribution in [2.45, 2.75) is 25.1 Å². The fourth-order valence-corrected chi connectivity index (χ4v) is 1.58. The van der Waals surface area contributed by atoms with Crippen molar-refractivity contribution in [3.05, 3.63) is 23.0 Å². The minimum absolute atomic E-state index is 0.371. The summed E-state index contributed by atoms with van der Waals surface area (Å²) < 4.78 is 66.0. The molecule has 0 aliphatic rings. The molecule has 0 amide bonds. The fourth-order valence-electron chi connectivity index (χ4n) is 1.37. The maximum atomic E-state index is 12.8. The van der Waals surface area contributed by atoms with Gasteiger partial charge in [-0.1, -0.05) is 0 Å². The van der Waals surface area contributed by atoms with Gasteiger partial charge in [0.2, 0.25) is 0 Å². The van der Waals surface area contributed by atoms with Gasteiger partial charge in [0.05, 0.1) is 29.6 Å². The molecule has 1 heterocycles. The molecular weight excluding hydrogens is 295 g/mol. The number of rotatable bonds is 4. The summed E-state index contributed by atoms with van der Waals surface area (Å²) in [4.78, 5) is 3.52. The van der Waals surface area contributed by atoms with E-state index in [0.717, 1.165) is 6.20 Å². The van der Waals surface area contributed by atoms with Gasteiger partial charge >= 0.3 is 6.36 Å². The van der Waals surface area contributed by atoms with Crippen molar-refractivity contribution in [1.29, 1.82) is 5.26 Å². The highest BCUT2D eigenvalue weighted by Gasteiger charge is 2.35. The first-order valence-electron chi connectivity index (χ1n) is 4.77. The van der Waals surface area contributed by atoms with E-state index in [1.165, 1.54) is 0 Å². The molecular formula is C10H6ClF5N2O. The third kappa shape index (κ3) is 3.92. The molecule has 1 rings (SSSR count). The SMILES string of the molecule is N#CCc1cnc(CCl)c(C(F)F)c1OC(F)(F)F. The van der Waals surface area contributed by atoms with Crippen LogP contribution in [-0.2, 0) is 12.3 Å². The predicted octanol–water partition coefficient (Wildman–Crippen LogP) is 3.72. The van der Waals surface area contributed by atoms with E-state index in [9.17, 15) is 22.0 Å². The molecule has 0 aromatic carbocycles. The molecule has 0 saturated heterocycles. The summed E-state index contributed by atoms with van der Waals surface area (Å²) in [5.74, 6) is -1.60. The summed E-state index contributed by atoms with van der Waals surface area (Å²) in [6, 6.07) is 1.55. The Bertz CT molecular complexity index is 498. The Hall–Kier alpha value is -1.62. The molecule has 0 radical (unpaired) electrons. The minimum atomic E-state index is -5.15. The highest BCUT2D eigenvalue weighted by atomic mass is 35.5. The van der Waals surface area contributed by atoms with E-state index in [4.69, 9.17) is 16.9 Å². The second kappa shape index (κ2) is 6.02. The molecule has 104 valence electrons. The zero-order valence-electron chi connectivity index (χ0n) is 9.14.